The van der Waals surface area contributed by atoms with Crippen molar-refractivity contribution in [2.45, 2.75) is 61.9 Å². The molecule has 10 heteroatoms. The van der Waals surface area contributed by atoms with Crippen LogP contribution in [0.4, 0.5) is 19.0 Å². The van der Waals surface area contributed by atoms with Crippen LogP contribution in [0.3, 0.4) is 0 Å². The third-order valence-electron chi connectivity index (χ3n) is 4.67. The minimum Gasteiger partial charge on any atom is -0.367 e. The molecule has 0 unspecified atom stereocenters. The van der Waals surface area contributed by atoms with Crippen molar-refractivity contribution in [3.63, 3.8) is 0 Å². The Labute approximate surface area is 184 Å². The molecular formula is C21H28F3N5OS. The minimum absolute atomic E-state index is 0.0302. The molecule has 2 heterocycles. The van der Waals surface area contributed by atoms with Gasteiger partial charge in [-0.25, -0.2) is 4.52 Å². The average Bonchev–Trinajstić information content (AvgIpc) is 2.88. The Kier molecular flexibility index (Phi) is 9.52. The number of halogens is 3. The predicted molar refractivity (Wildman–Crippen MR) is 118 cm³/mol. The number of rotatable bonds is 4. The summed E-state index contributed by atoms with van der Waals surface area (Å²) in [6, 6.07) is 5.44. The highest BCUT2D eigenvalue weighted by Gasteiger charge is 2.33. The van der Waals surface area contributed by atoms with Crippen molar-refractivity contribution >= 4 is 29.0 Å². The van der Waals surface area contributed by atoms with Gasteiger partial charge in [0.15, 0.2) is 0 Å². The van der Waals surface area contributed by atoms with Crippen LogP contribution in [0.2, 0.25) is 0 Å². The lowest BCUT2D eigenvalue weighted by atomic mass is 10.1. The van der Waals surface area contributed by atoms with Crippen LogP contribution in [0.25, 0.3) is 5.52 Å². The van der Waals surface area contributed by atoms with Gasteiger partial charge in [-0.3, -0.25) is 4.79 Å². The van der Waals surface area contributed by atoms with Crippen molar-refractivity contribution in [3.8, 4) is 11.8 Å². The fraction of sp³-hybridized carbons (Fsp3) is 0.524. The number of carbonyl (C=O) groups excluding carboxylic acids is 1. The van der Waals surface area contributed by atoms with Crippen molar-refractivity contribution in [1.29, 1.82) is 0 Å². The Morgan fingerprint density at radius 3 is 2.55 bits per heavy atom. The molecule has 0 spiro atoms. The summed E-state index contributed by atoms with van der Waals surface area (Å²) in [7, 11) is 1.50. The highest BCUT2D eigenvalue weighted by atomic mass is 32.2. The van der Waals surface area contributed by atoms with Crippen LogP contribution in [0.5, 0.6) is 0 Å². The number of hydrogen-bond donors (Lipinski definition) is 3. The molecule has 3 rings (SSSR count). The van der Waals surface area contributed by atoms with Gasteiger partial charge in [-0.1, -0.05) is 37.7 Å². The Hall–Kier alpha value is -2.38. The fourth-order valence-corrected chi connectivity index (χ4v) is 4.06. The molecule has 1 aliphatic rings. The predicted octanol–water partition coefficient (Wildman–Crippen LogP) is 4.14. The second kappa shape index (κ2) is 11.9. The molecular weight excluding hydrogens is 427 g/mol. The van der Waals surface area contributed by atoms with E-state index in [0.29, 0.717) is 11.3 Å². The molecule has 1 saturated carbocycles. The van der Waals surface area contributed by atoms with Crippen molar-refractivity contribution in [3.05, 3.63) is 23.9 Å². The molecule has 0 bridgehead atoms. The van der Waals surface area contributed by atoms with Crippen molar-refractivity contribution in [2.24, 2.45) is 5.73 Å². The summed E-state index contributed by atoms with van der Waals surface area (Å²) in [5.74, 6) is 5.75. The Bertz CT molecular complexity index is 925. The summed E-state index contributed by atoms with van der Waals surface area (Å²) in [6.45, 7) is 1.40. The summed E-state index contributed by atoms with van der Waals surface area (Å²) in [5, 5.41) is 10.3. The van der Waals surface area contributed by atoms with E-state index in [2.05, 4.69) is 33.3 Å². The second-order valence-corrected chi connectivity index (χ2v) is 8.05. The number of anilines is 1. The Morgan fingerprint density at radius 1 is 1.26 bits per heavy atom. The highest BCUT2D eigenvalue weighted by molar-refractivity contribution is 8.00. The average molecular weight is 456 g/mol. The summed E-state index contributed by atoms with van der Waals surface area (Å²) >= 11 is -0.215. The Balaban J connectivity index is 0.00000166. The standard InChI is InChI=1S/C20H23F3N4OS.CH5N/c1-14(28)24-13-7-10-16-19(29-20(21,22)23)17-11-6-12-18(27(17)26-16)25-15-8-4-2-3-5-9-15;1-2/h6,11-12,15,25H,2-5,8-9,13H2,1H3,(H,24,28);2H2,1H3. The van der Waals surface area contributed by atoms with Gasteiger partial charge in [-0.15, -0.1) is 0 Å². The first kappa shape index (κ1) is 24.9. The van der Waals surface area contributed by atoms with Gasteiger partial charge in [-0.05, 0) is 49.7 Å². The lowest BCUT2D eigenvalue weighted by molar-refractivity contribution is -0.118. The van der Waals surface area contributed by atoms with Crippen molar-refractivity contribution in [1.82, 2.24) is 14.9 Å². The summed E-state index contributed by atoms with van der Waals surface area (Å²) in [5.41, 5.74) is 0.449. The van der Waals surface area contributed by atoms with Crippen LogP contribution in [0, 0.1) is 11.8 Å². The number of aromatic nitrogens is 2. The van der Waals surface area contributed by atoms with Gasteiger partial charge < -0.3 is 16.4 Å². The van der Waals surface area contributed by atoms with E-state index in [0.717, 1.165) is 25.7 Å². The molecule has 1 fully saturated rings. The monoisotopic (exact) mass is 455 g/mol. The molecule has 2 aromatic heterocycles. The van der Waals surface area contributed by atoms with Gasteiger partial charge in [0.05, 0.1) is 17.0 Å². The molecule has 0 aliphatic heterocycles. The van der Waals surface area contributed by atoms with Gasteiger partial charge in [0.1, 0.15) is 11.5 Å². The number of nitrogens with one attached hydrogen (secondary N) is 2. The maximum atomic E-state index is 13.1. The van der Waals surface area contributed by atoms with E-state index in [4.69, 9.17) is 0 Å². The highest BCUT2D eigenvalue weighted by Crippen LogP contribution is 2.41. The first-order chi connectivity index (χ1) is 14.8. The van der Waals surface area contributed by atoms with E-state index >= 15 is 0 Å². The van der Waals surface area contributed by atoms with Crippen molar-refractivity contribution < 1.29 is 18.0 Å². The lowest BCUT2D eigenvalue weighted by Crippen LogP contribution is -2.20. The molecule has 31 heavy (non-hydrogen) atoms. The topological polar surface area (TPSA) is 84.5 Å². The molecule has 0 saturated heterocycles. The number of amides is 1. The summed E-state index contributed by atoms with van der Waals surface area (Å²) in [4.78, 5) is 10.9. The first-order valence-electron chi connectivity index (χ1n) is 10.2. The van der Waals surface area contributed by atoms with E-state index in [-0.39, 0.29) is 40.8 Å². The SMILES string of the molecule is CC(=O)NCC#Cc1nn2c(NC3CCCCCC3)cccc2c1SC(F)(F)F.CN. The van der Waals surface area contributed by atoms with Gasteiger partial charge in [0.2, 0.25) is 5.91 Å². The number of fused-ring (bicyclic) bond motifs is 1. The lowest BCUT2D eigenvalue weighted by Gasteiger charge is -2.18. The molecule has 1 amide bonds. The number of nitrogens with zero attached hydrogens (tertiary/aromatic N) is 2. The van der Waals surface area contributed by atoms with E-state index in [1.165, 1.54) is 31.3 Å². The van der Waals surface area contributed by atoms with Crippen LogP contribution in [0.1, 0.15) is 51.1 Å². The van der Waals surface area contributed by atoms with E-state index < -0.39 is 5.51 Å². The Morgan fingerprint density at radius 2 is 1.94 bits per heavy atom. The molecule has 0 aromatic carbocycles. The molecule has 0 radical (unpaired) electrons. The summed E-state index contributed by atoms with van der Waals surface area (Å²) in [6.07, 6.45) is 6.77. The van der Waals surface area contributed by atoms with Gasteiger partial charge in [0.25, 0.3) is 0 Å². The molecule has 4 N–H and O–H groups in total. The van der Waals surface area contributed by atoms with E-state index in [1.54, 1.807) is 12.1 Å². The van der Waals surface area contributed by atoms with Crippen LogP contribution in [-0.4, -0.2) is 40.7 Å². The smallest absolute Gasteiger partial charge is 0.367 e. The van der Waals surface area contributed by atoms with Crippen molar-refractivity contribution in [2.75, 3.05) is 18.9 Å². The molecule has 170 valence electrons. The molecule has 6 nitrogen and oxygen atoms in total. The quantitative estimate of drug-likeness (QED) is 0.367. The number of carbonyl (C=O) groups is 1. The maximum absolute atomic E-state index is 13.1. The zero-order valence-electron chi connectivity index (χ0n) is 17.7. The van der Waals surface area contributed by atoms with Crippen LogP contribution < -0.4 is 16.4 Å². The molecule has 1 aliphatic carbocycles. The number of hydrogen-bond acceptors (Lipinski definition) is 5. The zero-order valence-corrected chi connectivity index (χ0v) is 18.5. The number of nitrogens with two attached hydrogens (primary N) is 1. The zero-order chi connectivity index (χ0) is 22.9. The number of alkyl halides is 3. The minimum atomic E-state index is -4.46. The third kappa shape index (κ3) is 7.67. The van der Waals surface area contributed by atoms with Crippen LogP contribution in [0.15, 0.2) is 23.1 Å². The maximum Gasteiger partial charge on any atom is 0.446 e. The molecule has 0 atom stereocenters. The summed E-state index contributed by atoms with van der Waals surface area (Å²) < 4.78 is 40.9. The normalized spacial score (nSPS) is 14.6. The number of thioether (sulfide) groups is 1. The third-order valence-corrected chi connectivity index (χ3v) is 5.51. The van der Waals surface area contributed by atoms with E-state index in [1.807, 2.05) is 6.07 Å². The van der Waals surface area contributed by atoms with Gasteiger partial charge in [-0.2, -0.15) is 18.3 Å². The van der Waals surface area contributed by atoms with Crippen LogP contribution >= 0.6 is 11.8 Å². The largest absolute Gasteiger partial charge is 0.446 e. The fourth-order valence-electron chi connectivity index (χ4n) is 3.38. The van der Waals surface area contributed by atoms with Gasteiger partial charge >= 0.3 is 5.51 Å². The molecule has 2 aromatic rings. The first-order valence-corrected chi connectivity index (χ1v) is 11.0. The number of pyridine rings is 1. The van der Waals surface area contributed by atoms with Crippen LogP contribution in [-0.2, 0) is 4.79 Å². The van der Waals surface area contributed by atoms with E-state index in [9.17, 15) is 18.0 Å². The second-order valence-electron chi connectivity index (χ2n) is 6.98. The van der Waals surface area contributed by atoms with Gasteiger partial charge in [0, 0.05) is 13.0 Å².